The SMILES string of the molecule is CCCCCCCCCCC[C@H](C)CCC[n+]1ccccc1.[Br-]. The topological polar surface area (TPSA) is 3.88 Å². The Morgan fingerprint density at radius 1 is 0.696 bits per heavy atom. The minimum Gasteiger partial charge on any atom is -1.00 e. The summed E-state index contributed by atoms with van der Waals surface area (Å²) in [6, 6.07) is 6.32. The lowest BCUT2D eigenvalue weighted by Crippen LogP contribution is -3.00. The first-order valence-electron chi connectivity index (χ1n) is 9.77. The van der Waals surface area contributed by atoms with E-state index < -0.39 is 0 Å². The fourth-order valence-electron chi connectivity index (χ4n) is 3.15. The summed E-state index contributed by atoms with van der Waals surface area (Å²) >= 11 is 0. The van der Waals surface area contributed by atoms with E-state index in [2.05, 4.69) is 49.0 Å². The molecule has 0 bridgehead atoms. The summed E-state index contributed by atoms with van der Waals surface area (Å²) in [7, 11) is 0. The number of aryl methyl sites for hydroxylation is 1. The lowest BCUT2D eigenvalue weighted by molar-refractivity contribution is -0.697. The summed E-state index contributed by atoms with van der Waals surface area (Å²) < 4.78 is 2.30. The minimum atomic E-state index is 0. The molecular weight excluding hydrogens is 346 g/mol. The molecule has 23 heavy (non-hydrogen) atoms. The van der Waals surface area contributed by atoms with E-state index in [1.807, 2.05) is 0 Å². The molecule has 0 aliphatic carbocycles. The van der Waals surface area contributed by atoms with Gasteiger partial charge in [0.2, 0.25) is 0 Å². The molecule has 0 spiro atoms. The van der Waals surface area contributed by atoms with E-state index in [1.54, 1.807) is 0 Å². The largest absolute Gasteiger partial charge is 1.00 e. The lowest BCUT2D eigenvalue weighted by Gasteiger charge is -2.10. The fraction of sp³-hybridized carbons (Fsp3) is 0.762. The zero-order valence-corrected chi connectivity index (χ0v) is 17.1. The fourth-order valence-corrected chi connectivity index (χ4v) is 3.15. The zero-order chi connectivity index (χ0) is 15.9. The maximum atomic E-state index is 2.43. The van der Waals surface area contributed by atoms with Crippen molar-refractivity contribution < 1.29 is 21.5 Å². The number of hydrogen-bond donors (Lipinski definition) is 0. The van der Waals surface area contributed by atoms with Gasteiger partial charge >= 0.3 is 0 Å². The van der Waals surface area contributed by atoms with Crippen molar-refractivity contribution in [3.63, 3.8) is 0 Å². The van der Waals surface area contributed by atoms with E-state index in [4.69, 9.17) is 0 Å². The van der Waals surface area contributed by atoms with Gasteiger partial charge in [0.25, 0.3) is 0 Å². The molecule has 1 aromatic heterocycles. The van der Waals surface area contributed by atoms with Crippen LogP contribution < -0.4 is 21.5 Å². The van der Waals surface area contributed by atoms with Crippen molar-refractivity contribution in [1.82, 2.24) is 0 Å². The normalized spacial score (nSPS) is 11.9. The molecular formula is C21H38BrN. The van der Waals surface area contributed by atoms with Gasteiger partial charge in [-0.2, -0.15) is 0 Å². The predicted molar refractivity (Wildman–Crippen MR) is 96.9 cm³/mol. The number of aromatic nitrogens is 1. The number of nitrogens with zero attached hydrogens (tertiary/aromatic N) is 1. The summed E-state index contributed by atoms with van der Waals surface area (Å²) in [5, 5.41) is 0. The Morgan fingerprint density at radius 2 is 1.22 bits per heavy atom. The molecule has 0 aromatic carbocycles. The first-order valence-corrected chi connectivity index (χ1v) is 9.77. The van der Waals surface area contributed by atoms with Crippen LogP contribution in [-0.2, 0) is 6.54 Å². The maximum absolute atomic E-state index is 2.43. The van der Waals surface area contributed by atoms with E-state index in [9.17, 15) is 0 Å². The quantitative estimate of drug-likeness (QED) is 0.342. The molecule has 1 rings (SSSR count). The monoisotopic (exact) mass is 383 g/mol. The Balaban J connectivity index is 0.00000484. The molecule has 0 saturated heterocycles. The summed E-state index contributed by atoms with van der Waals surface area (Å²) in [6.45, 7) is 5.89. The molecule has 134 valence electrons. The Bertz CT molecular complexity index is 339. The molecule has 0 saturated carbocycles. The molecule has 0 amide bonds. The van der Waals surface area contributed by atoms with Gasteiger partial charge in [0.1, 0.15) is 6.54 Å². The molecule has 0 radical (unpaired) electrons. The molecule has 0 fully saturated rings. The molecule has 0 unspecified atom stereocenters. The molecule has 1 atom stereocenters. The van der Waals surface area contributed by atoms with Crippen LogP contribution in [0.25, 0.3) is 0 Å². The number of halogens is 1. The van der Waals surface area contributed by atoms with Gasteiger partial charge in [0.15, 0.2) is 12.4 Å². The minimum absolute atomic E-state index is 0. The molecule has 0 N–H and O–H groups in total. The summed E-state index contributed by atoms with van der Waals surface area (Å²) in [6.07, 6.45) is 21.4. The average molecular weight is 384 g/mol. The lowest BCUT2D eigenvalue weighted by atomic mass is 9.97. The van der Waals surface area contributed by atoms with Crippen LogP contribution in [0, 0.1) is 5.92 Å². The molecule has 2 heteroatoms. The number of hydrogen-bond acceptors (Lipinski definition) is 0. The summed E-state index contributed by atoms with van der Waals surface area (Å²) in [5.41, 5.74) is 0. The van der Waals surface area contributed by atoms with E-state index in [-0.39, 0.29) is 17.0 Å². The van der Waals surface area contributed by atoms with Gasteiger partial charge in [0.05, 0.1) is 0 Å². The van der Waals surface area contributed by atoms with Crippen LogP contribution in [0.1, 0.15) is 90.9 Å². The molecule has 1 heterocycles. The van der Waals surface area contributed by atoms with Crippen molar-refractivity contribution in [1.29, 1.82) is 0 Å². The van der Waals surface area contributed by atoms with Gasteiger partial charge in [-0.1, -0.05) is 84.1 Å². The van der Waals surface area contributed by atoms with Gasteiger partial charge in [-0.15, -0.1) is 0 Å². The zero-order valence-electron chi connectivity index (χ0n) is 15.5. The predicted octanol–water partition coefficient (Wildman–Crippen LogP) is 3.32. The van der Waals surface area contributed by atoms with Crippen LogP contribution in [0.5, 0.6) is 0 Å². The van der Waals surface area contributed by atoms with Crippen molar-refractivity contribution in [2.75, 3.05) is 0 Å². The average Bonchev–Trinajstić information content (AvgIpc) is 2.54. The molecule has 0 aliphatic rings. The van der Waals surface area contributed by atoms with Crippen LogP contribution in [-0.4, -0.2) is 0 Å². The van der Waals surface area contributed by atoms with E-state index in [1.165, 1.54) is 83.6 Å². The summed E-state index contributed by atoms with van der Waals surface area (Å²) in [4.78, 5) is 0. The Morgan fingerprint density at radius 3 is 1.83 bits per heavy atom. The molecule has 1 nitrogen and oxygen atoms in total. The van der Waals surface area contributed by atoms with Crippen molar-refractivity contribution in [3.8, 4) is 0 Å². The highest BCUT2D eigenvalue weighted by Crippen LogP contribution is 2.16. The molecule has 1 aromatic rings. The van der Waals surface area contributed by atoms with Crippen molar-refractivity contribution in [3.05, 3.63) is 30.6 Å². The second kappa shape index (κ2) is 16.5. The van der Waals surface area contributed by atoms with Crippen molar-refractivity contribution >= 4 is 0 Å². The smallest absolute Gasteiger partial charge is 0.168 e. The van der Waals surface area contributed by atoms with Gasteiger partial charge in [-0.3, -0.25) is 0 Å². The summed E-state index contributed by atoms with van der Waals surface area (Å²) in [5.74, 6) is 0.897. The van der Waals surface area contributed by atoms with Crippen molar-refractivity contribution in [2.45, 2.75) is 97.4 Å². The Hall–Kier alpha value is -0.370. The van der Waals surface area contributed by atoms with E-state index >= 15 is 0 Å². The van der Waals surface area contributed by atoms with Gasteiger partial charge in [-0.25, -0.2) is 4.57 Å². The van der Waals surface area contributed by atoms with E-state index in [0.29, 0.717) is 0 Å². The van der Waals surface area contributed by atoms with Crippen LogP contribution in [0.3, 0.4) is 0 Å². The Kier molecular flexibility index (Phi) is 16.2. The van der Waals surface area contributed by atoms with Crippen LogP contribution >= 0.6 is 0 Å². The third kappa shape index (κ3) is 13.7. The second-order valence-electron chi connectivity index (χ2n) is 6.98. The highest BCUT2D eigenvalue weighted by Gasteiger charge is 2.04. The first kappa shape index (κ1) is 22.6. The van der Waals surface area contributed by atoms with Gasteiger partial charge in [-0.05, 0) is 12.3 Å². The van der Waals surface area contributed by atoms with Crippen LogP contribution in [0.2, 0.25) is 0 Å². The number of unbranched alkanes of at least 4 members (excludes halogenated alkanes) is 8. The van der Waals surface area contributed by atoms with Gasteiger partial charge in [0, 0.05) is 18.6 Å². The Labute approximate surface area is 155 Å². The van der Waals surface area contributed by atoms with E-state index in [0.717, 1.165) is 5.92 Å². The highest BCUT2D eigenvalue weighted by atomic mass is 79.9. The van der Waals surface area contributed by atoms with Crippen molar-refractivity contribution in [2.24, 2.45) is 5.92 Å². The van der Waals surface area contributed by atoms with Gasteiger partial charge < -0.3 is 17.0 Å². The first-order chi connectivity index (χ1) is 10.8. The second-order valence-corrected chi connectivity index (χ2v) is 6.98. The number of rotatable bonds is 14. The highest BCUT2D eigenvalue weighted by molar-refractivity contribution is 4.83. The molecule has 0 aliphatic heterocycles. The van der Waals surface area contributed by atoms with Crippen LogP contribution in [0.15, 0.2) is 30.6 Å². The van der Waals surface area contributed by atoms with Crippen LogP contribution in [0.4, 0.5) is 0 Å². The third-order valence-electron chi connectivity index (χ3n) is 4.69. The number of pyridine rings is 1. The standard InChI is InChI=1S/C21H38N.BrH/c1-3-4-5-6-7-8-9-10-12-16-21(2)17-15-20-22-18-13-11-14-19-22;/h11,13-14,18-19,21H,3-10,12,15-17,20H2,1-2H3;1H/q+1;/p-1/t21-;/m0./s1. The maximum Gasteiger partial charge on any atom is 0.168 e. The third-order valence-corrected chi connectivity index (χ3v) is 4.69.